The van der Waals surface area contributed by atoms with Crippen LogP contribution < -0.4 is 5.32 Å². The van der Waals surface area contributed by atoms with Gasteiger partial charge >= 0.3 is 5.97 Å². The van der Waals surface area contributed by atoms with Gasteiger partial charge in [0.2, 0.25) is 0 Å². The minimum absolute atomic E-state index is 0.147. The first-order chi connectivity index (χ1) is 13.4. The van der Waals surface area contributed by atoms with E-state index >= 15 is 0 Å². The standard InChI is InChI=1S/C21H33NO5S/c1-15-9-7-5-3-2-4-6-8-10-16-12-17(26-19(23)11-15)13-21(25,27-16)18-14-28-20(24)22-18/h11,16-18,25H,2-10,12-14H2,1H3,(H,22,24)/t16-,17-,18+,21-/m1/s1. The fourth-order valence-electron chi connectivity index (χ4n) is 4.34. The molecule has 28 heavy (non-hydrogen) atoms. The van der Waals surface area contributed by atoms with Gasteiger partial charge in [-0.25, -0.2) is 4.79 Å². The number of ether oxygens (including phenoxy) is 2. The molecule has 2 bridgehead atoms. The molecule has 2 N–H and O–H groups in total. The molecule has 2 saturated heterocycles. The predicted octanol–water partition coefficient (Wildman–Crippen LogP) is 4.06. The Labute approximate surface area is 171 Å². The number of thioether (sulfide) groups is 1. The number of carbonyl (C=O) groups is 2. The van der Waals surface area contributed by atoms with Gasteiger partial charge in [-0.3, -0.25) is 4.79 Å². The maximum Gasteiger partial charge on any atom is 0.330 e. The van der Waals surface area contributed by atoms with Gasteiger partial charge < -0.3 is 19.9 Å². The minimum atomic E-state index is -1.49. The normalized spacial score (nSPS) is 36.4. The molecular formula is C21H33NO5S. The van der Waals surface area contributed by atoms with Gasteiger partial charge in [-0.15, -0.1) is 0 Å². The van der Waals surface area contributed by atoms with Crippen molar-refractivity contribution in [3.05, 3.63) is 11.6 Å². The zero-order chi connectivity index (χ0) is 20.0. The summed E-state index contributed by atoms with van der Waals surface area (Å²) in [7, 11) is 0. The largest absolute Gasteiger partial charge is 0.459 e. The predicted molar refractivity (Wildman–Crippen MR) is 109 cm³/mol. The van der Waals surface area contributed by atoms with Crippen molar-refractivity contribution in [2.75, 3.05) is 5.75 Å². The number of allylic oxidation sites excluding steroid dienone is 1. The van der Waals surface area contributed by atoms with Crippen LogP contribution in [0.2, 0.25) is 0 Å². The molecule has 0 unspecified atom stereocenters. The lowest BCUT2D eigenvalue weighted by atomic mass is 9.91. The first-order valence-electron chi connectivity index (χ1n) is 10.7. The molecule has 0 aromatic heterocycles. The summed E-state index contributed by atoms with van der Waals surface area (Å²) in [5.41, 5.74) is 1.04. The molecule has 0 aromatic carbocycles. The van der Waals surface area contributed by atoms with Crippen molar-refractivity contribution in [3.8, 4) is 0 Å². The molecular weight excluding hydrogens is 378 g/mol. The van der Waals surface area contributed by atoms with Crippen LogP contribution in [-0.2, 0) is 14.3 Å². The lowest BCUT2D eigenvalue weighted by Crippen LogP contribution is -2.58. The van der Waals surface area contributed by atoms with Crippen LogP contribution in [0.15, 0.2) is 11.6 Å². The van der Waals surface area contributed by atoms with E-state index in [-0.39, 0.29) is 23.7 Å². The van der Waals surface area contributed by atoms with E-state index in [1.165, 1.54) is 25.7 Å². The van der Waals surface area contributed by atoms with E-state index < -0.39 is 17.9 Å². The Balaban J connectivity index is 1.71. The van der Waals surface area contributed by atoms with E-state index in [4.69, 9.17) is 9.47 Å². The third kappa shape index (κ3) is 6.22. The SMILES string of the molecule is CC1=CC(=O)O[C@@H]2C[C@@H](CCCCCCCCC1)O[C@@](O)([C@@H]1CSC(=O)N1)C2. The molecule has 2 fully saturated rings. The van der Waals surface area contributed by atoms with E-state index in [0.717, 1.165) is 49.4 Å². The highest BCUT2D eigenvalue weighted by Gasteiger charge is 2.49. The summed E-state index contributed by atoms with van der Waals surface area (Å²) in [5.74, 6) is -1.37. The molecule has 158 valence electrons. The monoisotopic (exact) mass is 411 g/mol. The Hall–Kier alpha value is -1.05. The highest BCUT2D eigenvalue weighted by Crippen LogP contribution is 2.36. The average Bonchev–Trinajstić information content (AvgIpc) is 3.06. The van der Waals surface area contributed by atoms with Crippen molar-refractivity contribution in [2.45, 2.75) is 102 Å². The molecule has 0 aromatic rings. The number of hydrogen-bond acceptors (Lipinski definition) is 6. The number of fused-ring (bicyclic) bond motifs is 2. The van der Waals surface area contributed by atoms with E-state index in [1.54, 1.807) is 6.08 Å². The van der Waals surface area contributed by atoms with Crippen LogP contribution in [0.4, 0.5) is 4.79 Å². The lowest BCUT2D eigenvalue weighted by Gasteiger charge is -2.43. The van der Waals surface area contributed by atoms with E-state index in [2.05, 4.69) is 5.32 Å². The molecule has 0 saturated carbocycles. The highest BCUT2D eigenvalue weighted by atomic mass is 32.2. The quantitative estimate of drug-likeness (QED) is 0.633. The Morgan fingerprint density at radius 1 is 1.11 bits per heavy atom. The van der Waals surface area contributed by atoms with Crippen LogP contribution in [-0.4, -0.2) is 46.1 Å². The van der Waals surface area contributed by atoms with Gasteiger partial charge in [-0.1, -0.05) is 55.9 Å². The van der Waals surface area contributed by atoms with Crippen molar-refractivity contribution in [1.82, 2.24) is 5.32 Å². The first-order valence-corrected chi connectivity index (χ1v) is 11.6. The molecule has 0 spiro atoms. The Morgan fingerprint density at radius 3 is 2.54 bits per heavy atom. The van der Waals surface area contributed by atoms with Crippen molar-refractivity contribution < 1.29 is 24.2 Å². The van der Waals surface area contributed by atoms with Gasteiger partial charge in [0.1, 0.15) is 6.10 Å². The third-order valence-electron chi connectivity index (χ3n) is 5.88. The second kappa shape index (κ2) is 10.1. The third-order valence-corrected chi connectivity index (χ3v) is 6.76. The van der Waals surface area contributed by atoms with Crippen LogP contribution in [0.25, 0.3) is 0 Å². The summed E-state index contributed by atoms with van der Waals surface area (Å²) >= 11 is 1.15. The van der Waals surface area contributed by atoms with Gasteiger partial charge in [-0.2, -0.15) is 0 Å². The topological polar surface area (TPSA) is 84.9 Å². The number of hydrogen-bond donors (Lipinski definition) is 2. The van der Waals surface area contributed by atoms with Crippen molar-refractivity contribution >= 4 is 23.0 Å². The van der Waals surface area contributed by atoms with Crippen LogP contribution in [0.3, 0.4) is 0 Å². The summed E-state index contributed by atoms with van der Waals surface area (Å²) in [4.78, 5) is 24.0. The Kier molecular flexibility index (Phi) is 7.83. The number of rotatable bonds is 1. The molecule has 1 amide bonds. The second-order valence-electron chi connectivity index (χ2n) is 8.38. The van der Waals surface area contributed by atoms with Crippen molar-refractivity contribution in [1.29, 1.82) is 0 Å². The van der Waals surface area contributed by atoms with E-state index in [9.17, 15) is 14.7 Å². The van der Waals surface area contributed by atoms with Crippen LogP contribution in [0.5, 0.6) is 0 Å². The average molecular weight is 412 g/mol. The van der Waals surface area contributed by atoms with Gasteiger partial charge in [0, 0.05) is 24.7 Å². The van der Waals surface area contributed by atoms with Crippen molar-refractivity contribution in [3.63, 3.8) is 0 Å². The molecule has 0 radical (unpaired) electrons. The zero-order valence-electron chi connectivity index (χ0n) is 16.8. The van der Waals surface area contributed by atoms with Gasteiger partial charge in [-0.05, 0) is 26.2 Å². The molecule has 0 aliphatic carbocycles. The molecule has 4 atom stereocenters. The fourth-order valence-corrected chi connectivity index (χ4v) is 5.22. The Morgan fingerprint density at radius 2 is 1.82 bits per heavy atom. The fraction of sp³-hybridized carbons (Fsp3) is 0.810. The van der Waals surface area contributed by atoms with Gasteiger partial charge in [0.15, 0.2) is 5.79 Å². The first kappa shape index (κ1) is 21.7. The van der Waals surface area contributed by atoms with Crippen LogP contribution >= 0.6 is 11.8 Å². The summed E-state index contributed by atoms with van der Waals surface area (Å²) in [6.45, 7) is 1.97. The highest BCUT2D eigenvalue weighted by molar-refractivity contribution is 8.14. The number of carbonyl (C=O) groups excluding carboxylic acids is 2. The molecule has 3 rings (SSSR count). The Bertz CT molecular complexity index is 595. The number of nitrogens with one attached hydrogen (secondary N) is 1. The van der Waals surface area contributed by atoms with Crippen LogP contribution in [0, 0.1) is 0 Å². The maximum atomic E-state index is 12.4. The minimum Gasteiger partial charge on any atom is -0.459 e. The van der Waals surface area contributed by atoms with Crippen LogP contribution in [0.1, 0.15) is 77.6 Å². The molecule has 6 nitrogen and oxygen atoms in total. The molecule has 3 aliphatic rings. The second-order valence-corrected chi connectivity index (χ2v) is 9.38. The zero-order valence-corrected chi connectivity index (χ0v) is 17.6. The summed E-state index contributed by atoms with van der Waals surface area (Å²) < 4.78 is 11.8. The number of amides is 1. The van der Waals surface area contributed by atoms with Gasteiger partial charge in [0.25, 0.3) is 5.24 Å². The lowest BCUT2D eigenvalue weighted by molar-refractivity contribution is -0.283. The smallest absolute Gasteiger partial charge is 0.330 e. The number of esters is 1. The molecule has 3 aliphatic heterocycles. The maximum absolute atomic E-state index is 12.4. The molecule has 7 heteroatoms. The van der Waals surface area contributed by atoms with Gasteiger partial charge in [0.05, 0.1) is 12.1 Å². The molecule has 3 heterocycles. The van der Waals surface area contributed by atoms with E-state index in [1.807, 2.05) is 6.92 Å². The summed E-state index contributed by atoms with van der Waals surface area (Å²) in [5, 5.41) is 13.8. The number of aliphatic hydroxyl groups is 1. The van der Waals surface area contributed by atoms with E-state index in [0.29, 0.717) is 12.2 Å². The van der Waals surface area contributed by atoms with Crippen molar-refractivity contribution in [2.24, 2.45) is 0 Å². The summed E-state index contributed by atoms with van der Waals surface area (Å²) in [6, 6.07) is -0.475. The summed E-state index contributed by atoms with van der Waals surface area (Å²) in [6.07, 6.45) is 11.7.